The summed E-state index contributed by atoms with van der Waals surface area (Å²) in [5.41, 5.74) is 6.11. The fourth-order valence-electron chi connectivity index (χ4n) is 5.79. The van der Waals surface area contributed by atoms with E-state index in [4.69, 9.17) is 25.8 Å². The van der Waals surface area contributed by atoms with Crippen molar-refractivity contribution in [1.82, 2.24) is 10.2 Å². The fraction of sp³-hybridized carbons (Fsp3) is 0.297. The van der Waals surface area contributed by atoms with Gasteiger partial charge >= 0.3 is 5.97 Å². The quantitative estimate of drug-likeness (QED) is 0.165. The average Bonchev–Trinajstić information content (AvgIpc) is 3.04. The molecule has 2 N–H and O–H groups in total. The van der Waals surface area contributed by atoms with Crippen LogP contribution in [0.3, 0.4) is 0 Å². The topological polar surface area (TPSA) is 97.3 Å². The van der Waals surface area contributed by atoms with Crippen molar-refractivity contribution < 1.29 is 37.7 Å². The van der Waals surface area contributed by atoms with Gasteiger partial charge in [0.05, 0.1) is 18.2 Å². The number of nitrogens with zero attached hydrogens (tertiary/aromatic N) is 1. The summed E-state index contributed by atoms with van der Waals surface area (Å²) >= 11 is 6.73. The molecule has 0 radical (unpaired) electrons. The van der Waals surface area contributed by atoms with E-state index < -0.39 is 23.6 Å². The smallest absolute Gasteiger partial charge is 0.323 e. The second-order valence-corrected chi connectivity index (χ2v) is 12.0. The van der Waals surface area contributed by atoms with Crippen molar-refractivity contribution in [3.8, 4) is 22.6 Å². The van der Waals surface area contributed by atoms with E-state index in [1.807, 2.05) is 57.2 Å². The van der Waals surface area contributed by atoms with Gasteiger partial charge in [0.1, 0.15) is 42.4 Å². The molecule has 1 amide bonds. The molecule has 48 heavy (non-hydrogen) atoms. The maximum atomic E-state index is 13.9. The van der Waals surface area contributed by atoms with Crippen LogP contribution < -0.4 is 14.8 Å². The Kier molecular flexibility index (Phi) is 11.3. The van der Waals surface area contributed by atoms with Gasteiger partial charge in [-0.05, 0) is 78.4 Å². The van der Waals surface area contributed by atoms with E-state index in [2.05, 4.69) is 5.32 Å². The molecule has 5 rings (SSSR count). The first-order valence-corrected chi connectivity index (χ1v) is 16.0. The summed E-state index contributed by atoms with van der Waals surface area (Å²) < 4.78 is 45.5. The third kappa shape index (κ3) is 8.13. The van der Waals surface area contributed by atoms with E-state index in [-0.39, 0.29) is 42.9 Å². The Balaban J connectivity index is 1.42. The number of carbonyl (C=O) groups is 2. The lowest BCUT2D eigenvalue weighted by Crippen LogP contribution is -2.49. The predicted octanol–water partition coefficient (Wildman–Crippen LogP) is 7.10. The standard InChI is InChI=1S/C37H37ClF2N2O6/c1-4-41-36(43)31-10-6-9-30(23(31)3)29-8-5-7-25(22(29)2)20-48-35-17-34(47-19-24-13-27(39)16-28(40)14-24)26(15-32(35)38)18-42-11-12-46-21-33(42)37(44)45/h5-10,13-17,33H,4,11-12,18-21H2,1-3H3,(H,41,43)(H,44,45)/t33-/m0/s1. The molecule has 0 spiro atoms. The van der Waals surface area contributed by atoms with Crippen molar-refractivity contribution in [2.24, 2.45) is 0 Å². The Morgan fingerprint density at radius 1 is 0.938 bits per heavy atom. The first-order chi connectivity index (χ1) is 23.0. The molecular weight excluding hydrogens is 642 g/mol. The number of aliphatic carboxylic acids is 1. The number of nitrogens with one attached hydrogen (secondary N) is 1. The molecule has 1 heterocycles. The van der Waals surface area contributed by atoms with E-state index in [1.165, 1.54) is 12.1 Å². The summed E-state index contributed by atoms with van der Waals surface area (Å²) in [4.78, 5) is 26.3. The summed E-state index contributed by atoms with van der Waals surface area (Å²) in [5, 5.41) is 12.9. The molecule has 0 bridgehead atoms. The van der Waals surface area contributed by atoms with E-state index in [9.17, 15) is 23.5 Å². The third-order valence-corrected chi connectivity index (χ3v) is 8.66. The number of benzene rings is 4. The number of halogens is 3. The Labute approximate surface area is 283 Å². The van der Waals surface area contributed by atoms with E-state index >= 15 is 0 Å². The number of amides is 1. The highest BCUT2D eigenvalue weighted by atomic mass is 35.5. The van der Waals surface area contributed by atoms with Crippen LogP contribution in [-0.2, 0) is 29.3 Å². The minimum Gasteiger partial charge on any atom is -0.488 e. The summed E-state index contributed by atoms with van der Waals surface area (Å²) in [6, 6.07) is 17.1. The zero-order chi connectivity index (χ0) is 34.4. The van der Waals surface area contributed by atoms with Crippen LogP contribution in [0.1, 0.15) is 45.1 Å². The minimum atomic E-state index is -1.01. The number of carbonyl (C=O) groups excluding carboxylic acids is 1. The number of hydrogen-bond donors (Lipinski definition) is 2. The van der Waals surface area contributed by atoms with Gasteiger partial charge in [-0.3, -0.25) is 14.5 Å². The van der Waals surface area contributed by atoms with Crippen LogP contribution in [0.15, 0.2) is 66.7 Å². The molecule has 0 saturated carbocycles. The third-order valence-electron chi connectivity index (χ3n) is 8.36. The van der Waals surface area contributed by atoms with Crippen LogP contribution in [0.2, 0.25) is 5.02 Å². The van der Waals surface area contributed by atoms with Crippen LogP contribution in [0, 0.1) is 25.5 Å². The number of rotatable bonds is 12. The Hall–Kier alpha value is -4.51. The van der Waals surface area contributed by atoms with Gasteiger partial charge < -0.3 is 24.6 Å². The van der Waals surface area contributed by atoms with Crippen molar-refractivity contribution in [3.05, 3.63) is 117 Å². The lowest BCUT2D eigenvalue weighted by atomic mass is 9.91. The number of ether oxygens (including phenoxy) is 3. The fourth-order valence-corrected chi connectivity index (χ4v) is 6.03. The minimum absolute atomic E-state index is 0.0389. The molecule has 1 fully saturated rings. The van der Waals surface area contributed by atoms with Gasteiger partial charge in [-0.15, -0.1) is 0 Å². The molecule has 0 aliphatic carbocycles. The molecule has 1 aliphatic heterocycles. The second kappa shape index (κ2) is 15.6. The highest BCUT2D eigenvalue weighted by Gasteiger charge is 2.30. The van der Waals surface area contributed by atoms with Gasteiger partial charge in [0.2, 0.25) is 0 Å². The molecule has 4 aromatic carbocycles. The van der Waals surface area contributed by atoms with Gasteiger partial charge in [0, 0.05) is 42.9 Å². The van der Waals surface area contributed by atoms with E-state index in [0.29, 0.717) is 42.3 Å². The lowest BCUT2D eigenvalue weighted by molar-refractivity contribution is -0.150. The van der Waals surface area contributed by atoms with Gasteiger partial charge in [-0.1, -0.05) is 41.9 Å². The van der Waals surface area contributed by atoms with Gasteiger partial charge in [-0.2, -0.15) is 0 Å². The van der Waals surface area contributed by atoms with Crippen LogP contribution in [-0.4, -0.2) is 54.2 Å². The second-order valence-electron chi connectivity index (χ2n) is 11.6. The first-order valence-electron chi connectivity index (χ1n) is 15.6. The molecular formula is C37H37ClF2N2O6. The van der Waals surface area contributed by atoms with E-state index in [1.54, 1.807) is 17.0 Å². The first kappa shape index (κ1) is 34.8. The molecule has 252 valence electrons. The summed E-state index contributed by atoms with van der Waals surface area (Å²) in [7, 11) is 0. The average molecular weight is 679 g/mol. The monoisotopic (exact) mass is 678 g/mol. The molecule has 1 aliphatic rings. The normalized spacial score (nSPS) is 14.8. The van der Waals surface area contributed by atoms with E-state index in [0.717, 1.165) is 33.9 Å². The Morgan fingerprint density at radius 3 is 2.33 bits per heavy atom. The van der Waals surface area contributed by atoms with Crippen molar-refractivity contribution in [2.45, 2.75) is 46.6 Å². The summed E-state index contributed by atoms with van der Waals surface area (Å²) in [6.07, 6.45) is 0. The van der Waals surface area contributed by atoms with Crippen LogP contribution in [0.5, 0.6) is 11.5 Å². The molecule has 4 aromatic rings. The number of carboxylic acids is 1. The Morgan fingerprint density at radius 2 is 1.62 bits per heavy atom. The number of morpholine rings is 1. The molecule has 8 nitrogen and oxygen atoms in total. The zero-order valence-electron chi connectivity index (χ0n) is 26.9. The molecule has 1 saturated heterocycles. The van der Waals surface area contributed by atoms with Crippen molar-refractivity contribution in [2.75, 3.05) is 26.3 Å². The van der Waals surface area contributed by atoms with Gasteiger partial charge in [0.25, 0.3) is 5.91 Å². The molecule has 1 atom stereocenters. The summed E-state index contributed by atoms with van der Waals surface area (Å²) in [5.74, 6) is -1.94. The summed E-state index contributed by atoms with van der Waals surface area (Å²) in [6.45, 7) is 7.31. The lowest BCUT2D eigenvalue weighted by Gasteiger charge is -2.33. The van der Waals surface area contributed by atoms with Crippen molar-refractivity contribution in [3.63, 3.8) is 0 Å². The van der Waals surface area contributed by atoms with Crippen molar-refractivity contribution in [1.29, 1.82) is 0 Å². The zero-order valence-corrected chi connectivity index (χ0v) is 27.7. The number of hydrogen-bond acceptors (Lipinski definition) is 6. The Bertz CT molecular complexity index is 1800. The van der Waals surface area contributed by atoms with Gasteiger partial charge in [0.15, 0.2) is 0 Å². The van der Waals surface area contributed by atoms with Crippen LogP contribution in [0.4, 0.5) is 8.78 Å². The van der Waals surface area contributed by atoms with Gasteiger partial charge in [-0.25, -0.2) is 8.78 Å². The SMILES string of the molecule is CCNC(=O)c1cccc(-c2cccc(COc3cc(OCc4cc(F)cc(F)c4)c(CN4CCOC[C@H]4C(=O)O)cc3Cl)c2C)c1C. The maximum Gasteiger partial charge on any atom is 0.323 e. The van der Waals surface area contributed by atoms with Crippen LogP contribution in [0.25, 0.3) is 11.1 Å². The highest BCUT2D eigenvalue weighted by molar-refractivity contribution is 6.32. The molecule has 0 aromatic heterocycles. The van der Waals surface area contributed by atoms with Crippen LogP contribution >= 0.6 is 11.6 Å². The highest BCUT2D eigenvalue weighted by Crippen LogP contribution is 2.36. The van der Waals surface area contributed by atoms with Crippen molar-refractivity contribution >= 4 is 23.5 Å². The molecule has 11 heteroatoms. The molecule has 0 unspecified atom stereocenters. The number of carboxylic acid groups (broad SMARTS) is 1. The predicted molar refractivity (Wildman–Crippen MR) is 178 cm³/mol. The maximum absolute atomic E-state index is 13.9. The largest absolute Gasteiger partial charge is 0.488 e.